The van der Waals surface area contributed by atoms with E-state index in [9.17, 15) is 8.78 Å². The quantitative estimate of drug-likeness (QED) is 0.857. The highest BCUT2D eigenvalue weighted by molar-refractivity contribution is 5.58. The second-order valence-corrected chi connectivity index (χ2v) is 4.88. The van der Waals surface area contributed by atoms with Crippen molar-refractivity contribution in [3.63, 3.8) is 0 Å². The minimum Gasteiger partial charge on any atom is -0.381 e. The van der Waals surface area contributed by atoms with Gasteiger partial charge in [-0.3, -0.25) is 0 Å². The Hall–Kier alpha value is -1.90. The first-order valence-corrected chi connectivity index (χ1v) is 6.23. The fraction of sp³-hybridized carbons (Fsp3) is 0.250. The van der Waals surface area contributed by atoms with Gasteiger partial charge in [0, 0.05) is 12.2 Å². The zero-order valence-electron chi connectivity index (χ0n) is 11.3. The fourth-order valence-corrected chi connectivity index (χ4v) is 2.30. The highest BCUT2D eigenvalue weighted by atomic mass is 19.2. The molecule has 0 atom stereocenters. The Balaban J connectivity index is 2.16. The summed E-state index contributed by atoms with van der Waals surface area (Å²) in [6.45, 7) is 6.60. The molecule has 0 fully saturated rings. The summed E-state index contributed by atoms with van der Waals surface area (Å²) in [5, 5.41) is 3.28. The maximum atomic E-state index is 13.1. The highest BCUT2D eigenvalue weighted by Gasteiger charge is 2.05. The molecule has 0 bridgehead atoms. The maximum Gasteiger partial charge on any atom is 0.159 e. The van der Waals surface area contributed by atoms with Crippen LogP contribution in [0.15, 0.2) is 30.3 Å². The first kappa shape index (κ1) is 13.5. The van der Waals surface area contributed by atoms with E-state index in [1.165, 1.54) is 11.6 Å². The molecular weight excluding hydrogens is 244 g/mol. The molecule has 19 heavy (non-hydrogen) atoms. The van der Waals surface area contributed by atoms with Crippen LogP contribution in [-0.4, -0.2) is 0 Å². The van der Waals surface area contributed by atoms with Crippen LogP contribution in [-0.2, 0) is 6.54 Å². The maximum absolute atomic E-state index is 13.1. The standard InChI is InChI=1S/C16H17F2N/c1-10-6-11(2)16(12(3)7-10)19-9-13-4-5-14(17)15(18)8-13/h4-8,19H,9H2,1-3H3. The molecule has 1 N–H and O–H groups in total. The van der Waals surface area contributed by atoms with E-state index >= 15 is 0 Å². The minimum atomic E-state index is -0.813. The summed E-state index contributed by atoms with van der Waals surface area (Å²) in [6, 6.07) is 8.16. The largest absolute Gasteiger partial charge is 0.381 e. The summed E-state index contributed by atoms with van der Waals surface area (Å²) >= 11 is 0. The van der Waals surface area contributed by atoms with Crippen molar-refractivity contribution < 1.29 is 8.78 Å². The molecule has 0 radical (unpaired) electrons. The van der Waals surface area contributed by atoms with Crippen molar-refractivity contribution >= 4 is 5.69 Å². The summed E-state index contributed by atoms with van der Waals surface area (Å²) in [6.07, 6.45) is 0. The second-order valence-electron chi connectivity index (χ2n) is 4.88. The van der Waals surface area contributed by atoms with Gasteiger partial charge >= 0.3 is 0 Å². The monoisotopic (exact) mass is 261 g/mol. The van der Waals surface area contributed by atoms with E-state index in [2.05, 4.69) is 24.4 Å². The number of halogens is 2. The summed E-state index contributed by atoms with van der Waals surface area (Å²) in [7, 11) is 0. The van der Waals surface area contributed by atoms with Crippen molar-refractivity contribution in [2.45, 2.75) is 27.3 Å². The van der Waals surface area contributed by atoms with E-state index in [1.54, 1.807) is 6.07 Å². The highest BCUT2D eigenvalue weighted by Crippen LogP contribution is 2.22. The normalized spacial score (nSPS) is 10.6. The van der Waals surface area contributed by atoms with Crippen LogP contribution in [0.25, 0.3) is 0 Å². The van der Waals surface area contributed by atoms with Crippen LogP contribution in [0.5, 0.6) is 0 Å². The van der Waals surface area contributed by atoms with Crippen molar-refractivity contribution in [3.05, 3.63) is 64.2 Å². The minimum absolute atomic E-state index is 0.474. The van der Waals surface area contributed by atoms with Crippen LogP contribution >= 0.6 is 0 Å². The molecule has 1 nitrogen and oxygen atoms in total. The lowest BCUT2D eigenvalue weighted by atomic mass is 10.0. The molecule has 0 heterocycles. The molecule has 0 aliphatic rings. The van der Waals surface area contributed by atoms with Gasteiger partial charge in [-0.2, -0.15) is 0 Å². The van der Waals surface area contributed by atoms with Crippen LogP contribution < -0.4 is 5.32 Å². The number of hydrogen-bond donors (Lipinski definition) is 1. The van der Waals surface area contributed by atoms with Crippen molar-refractivity contribution in [1.82, 2.24) is 0 Å². The molecule has 0 saturated carbocycles. The number of aryl methyl sites for hydroxylation is 3. The Kier molecular flexibility index (Phi) is 3.84. The van der Waals surface area contributed by atoms with Crippen LogP contribution in [0.2, 0.25) is 0 Å². The summed E-state index contributed by atoms with van der Waals surface area (Å²) in [4.78, 5) is 0. The van der Waals surface area contributed by atoms with E-state index in [0.29, 0.717) is 6.54 Å². The van der Waals surface area contributed by atoms with Crippen LogP contribution in [0.1, 0.15) is 22.3 Å². The zero-order valence-corrected chi connectivity index (χ0v) is 11.3. The topological polar surface area (TPSA) is 12.0 Å². The SMILES string of the molecule is Cc1cc(C)c(NCc2ccc(F)c(F)c2)c(C)c1. The summed E-state index contributed by atoms with van der Waals surface area (Å²) in [5.74, 6) is -1.62. The predicted octanol–water partition coefficient (Wildman–Crippen LogP) is 4.50. The lowest BCUT2D eigenvalue weighted by Gasteiger charge is -2.14. The summed E-state index contributed by atoms with van der Waals surface area (Å²) in [5.41, 5.74) is 5.29. The van der Waals surface area contributed by atoms with E-state index in [-0.39, 0.29) is 0 Å². The molecule has 0 amide bonds. The van der Waals surface area contributed by atoms with E-state index in [1.807, 2.05) is 13.8 Å². The third kappa shape index (κ3) is 3.11. The number of rotatable bonds is 3. The Labute approximate surface area is 112 Å². The molecule has 0 aliphatic carbocycles. The first-order chi connectivity index (χ1) is 8.97. The third-order valence-electron chi connectivity index (χ3n) is 3.13. The molecule has 0 aromatic heterocycles. The van der Waals surface area contributed by atoms with Gasteiger partial charge in [0.15, 0.2) is 11.6 Å². The van der Waals surface area contributed by atoms with Gasteiger partial charge < -0.3 is 5.32 Å². The van der Waals surface area contributed by atoms with E-state index in [0.717, 1.165) is 28.4 Å². The van der Waals surface area contributed by atoms with Gasteiger partial charge in [0.05, 0.1) is 0 Å². The van der Waals surface area contributed by atoms with Crippen molar-refractivity contribution in [3.8, 4) is 0 Å². The van der Waals surface area contributed by atoms with Crippen molar-refractivity contribution in [1.29, 1.82) is 0 Å². The van der Waals surface area contributed by atoms with Crippen LogP contribution in [0.4, 0.5) is 14.5 Å². The second kappa shape index (κ2) is 5.39. The number of hydrogen-bond acceptors (Lipinski definition) is 1. The number of anilines is 1. The predicted molar refractivity (Wildman–Crippen MR) is 74.3 cm³/mol. The fourth-order valence-electron chi connectivity index (χ4n) is 2.30. The van der Waals surface area contributed by atoms with E-state index < -0.39 is 11.6 Å². The average molecular weight is 261 g/mol. The lowest BCUT2D eigenvalue weighted by molar-refractivity contribution is 0.507. The Morgan fingerprint density at radius 2 is 1.53 bits per heavy atom. The molecule has 2 aromatic rings. The molecule has 2 aromatic carbocycles. The van der Waals surface area contributed by atoms with Gasteiger partial charge in [-0.15, -0.1) is 0 Å². The Morgan fingerprint density at radius 1 is 0.895 bits per heavy atom. The van der Waals surface area contributed by atoms with Crippen LogP contribution in [0, 0.1) is 32.4 Å². The van der Waals surface area contributed by atoms with E-state index in [4.69, 9.17) is 0 Å². The van der Waals surface area contributed by atoms with Crippen molar-refractivity contribution in [2.75, 3.05) is 5.32 Å². The van der Waals surface area contributed by atoms with Gasteiger partial charge in [-0.25, -0.2) is 8.78 Å². The summed E-state index contributed by atoms with van der Waals surface area (Å²) < 4.78 is 26.0. The molecule has 100 valence electrons. The number of nitrogens with one attached hydrogen (secondary N) is 1. The van der Waals surface area contributed by atoms with Gasteiger partial charge in [0.25, 0.3) is 0 Å². The number of benzene rings is 2. The molecule has 0 spiro atoms. The van der Waals surface area contributed by atoms with Gasteiger partial charge in [0.1, 0.15) is 0 Å². The smallest absolute Gasteiger partial charge is 0.159 e. The first-order valence-electron chi connectivity index (χ1n) is 6.23. The zero-order chi connectivity index (χ0) is 14.0. The van der Waals surface area contributed by atoms with Gasteiger partial charge in [-0.1, -0.05) is 23.8 Å². The van der Waals surface area contributed by atoms with Crippen LogP contribution in [0.3, 0.4) is 0 Å². The molecule has 0 saturated heterocycles. The van der Waals surface area contributed by atoms with Gasteiger partial charge in [0.2, 0.25) is 0 Å². The molecule has 3 heteroatoms. The molecule has 0 aliphatic heterocycles. The lowest BCUT2D eigenvalue weighted by Crippen LogP contribution is -2.04. The molecule has 2 rings (SSSR count). The Bertz CT molecular complexity index is 583. The molecule has 0 unspecified atom stereocenters. The third-order valence-corrected chi connectivity index (χ3v) is 3.13. The van der Waals surface area contributed by atoms with Crippen molar-refractivity contribution in [2.24, 2.45) is 0 Å². The molecular formula is C16H17F2N. The van der Waals surface area contributed by atoms with Gasteiger partial charge in [-0.05, 0) is 49.6 Å². The Morgan fingerprint density at radius 3 is 2.11 bits per heavy atom. The average Bonchev–Trinajstić information content (AvgIpc) is 2.32.